The van der Waals surface area contributed by atoms with Crippen LogP contribution in [0, 0.1) is 22.0 Å². The Bertz CT molecular complexity index is 785. The molecular formula is C17H17N3O5. The van der Waals surface area contributed by atoms with Crippen molar-refractivity contribution in [2.24, 2.45) is 11.8 Å². The quantitative estimate of drug-likeness (QED) is 0.478. The summed E-state index contributed by atoms with van der Waals surface area (Å²) in [5.74, 6) is -0.828. The number of hydrogen-bond donors (Lipinski definition) is 1. The van der Waals surface area contributed by atoms with Gasteiger partial charge in [0.05, 0.1) is 10.5 Å². The van der Waals surface area contributed by atoms with E-state index in [-0.39, 0.29) is 23.1 Å². The van der Waals surface area contributed by atoms with Gasteiger partial charge in [-0.1, -0.05) is 6.07 Å². The van der Waals surface area contributed by atoms with Crippen LogP contribution in [-0.4, -0.2) is 40.1 Å². The number of hydrogen-bond acceptors (Lipinski definition) is 5. The van der Waals surface area contributed by atoms with Crippen LogP contribution >= 0.6 is 0 Å². The highest BCUT2D eigenvalue weighted by molar-refractivity contribution is 6.24. The van der Waals surface area contributed by atoms with Gasteiger partial charge in [-0.2, -0.15) is 0 Å². The Balaban J connectivity index is 1.50. The first-order valence-electron chi connectivity index (χ1n) is 8.40. The summed E-state index contributed by atoms with van der Waals surface area (Å²) >= 11 is 0. The van der Waals surface area contributed by atoms with E-state index in [0.717, 1.165) is 30.6 Å². The number of nitro groups is 1. The fraction of sp³-hybridized carbons (Fsp3) is 0.471. The Kier molecular flexibility index (Phi) is 3.55. The molecule has 0 bridgehead atoms. The lowest BCUT2D eigenvalue weighted by Crippen LogP contribution is -2.45. The number of carbonyl (C=O) groups excluding carboxylic acids is 3. The maximum Gasteiger partial charge on any atom is 0.282 e. The molecule has 130 valence electrons. The maximum atomic E-state index is 12.5. The second kappa shape index (κ2) is 5.65. The minimum atomic E-state index is -0.781. The predicted octanol–water partition coefficient (Wildman–Crippen LogP) is 1.50. The summed E-state index contributed by atoms with van der Waals surface area (Å²) in [6.45, 7) is -0.403. The molecule has 3 amide bonds. The zero-order valence-electron chi connectivity index (χ0n) is 13.4. The van der Waals surface area contributed by atoms with Gasteiger partial charge in [0, 0.05) is 12.1 Å². The molecule has 1 aromatic rings. The standard InChI is InChI=1S/C17H17N3O5/c21-13(18-15(9-4-5-9)10-6-7-10)8-19-16(22)11-2-1-3-12(20(24)25)14(11)17(19)23/h1-3,9-10,15H,4-8H2,(H,18,21). The van der Waals surface area contributed by atoms with Gasteiger partial charge in [-0.3, -0.25) is 29.4 Å². The molecule has 0 atom stereocenters. The molecule has 1 heterocycles. The number of imide groups is 1. The average Bonchev–Trinajstić information content (AvgIpc) is 3.47. The Hall–Kier alpha value is -2.77. The normalized spacial score (nSPS) is 19.3. The van der Waals surface area contributed by atoms with Gasteiger partial charge in [-0.05, 0) is 43.6 Å². The zero-order valence-corrected chi connectivity index (χ0v) is 13.4. The molecule has 8 nitrogen and oxygen atoms in total. The highest BCUT2D eigenvalue weighted by atomic mass is 16.6. The van der Waals surface area contributed by atoms with Crippen LogP contribution in [0.15, 0.2) is 18.2 Å². The minimum Gasteiger partial charge on any atom is -0.351 e. The molecular weight excluding hydrogens is 326 g/mol. The molecule has 3 aliphatic rings. The van der Waals surface area contributed by atoms with Gasteiger partial charge in [-0.15, -0.1) is 0 Å². The van der Waals surface area contributed by atoms with E-state index in [1.54, 1.807) is 0 Å². The molecule has 0 saturated heterocycles. The van der Waals surface area contributed by atoms with E-state index < -0.39 is 29.0 Å². The molecule has 8 heteroatoms. The number of amides is 3. The van der Waals surface area contributed by atoms with E-state index in [2.05, 4.69) is 5.32 Å². The summed E-state index contributed by atoms with van der Waals surface area (Å²) in [7, 11) is 0. The van der Waals surface area contributed by atoms with Gasteiger partial charge in [0.25, 0.3) is 17.5 Å². The van der Waals surface area contributed by atoms with Crippen molar-refractivity contribution in [3.05, 3.63) is 39.4 Å². The van der Waals surface area contributed by atoms with Crippen molar-refractivity contribution in [3.8, 4) is 0 Å². The van der Waals surface area contributed by atoms with Gasteiger partial charge in [0.1, 0.15) is 12.1 Å². The summed E-state index contributed by atoms with van der Waals surface area (Å²) in [6.07, 6.45) is 4.39. The molecule has 0 radical (unpaired) electrons. The molecule has 0 spiro atoms. The summed E-state index contributed by atoms with van der Waals surface area (Å²) in [5.41, 5.74) is -0.660. The van der Waals surface area contributed by atoms with Gasteiger partial charge in [-0.25, -0.2) is 0 Å². The average molecular weight is 343 g/mol. The van der Waals surface area contributed by atoms with Crippen LogP contribution in [0.2, 0.25) is 0 Å². The fourth-order valence-corrected chi connectivity index (χ4v) is 3.52. The SMILES string of the molecule is O=C(CN1C(=O)c2cccc([N+](=O)[O-])c2C1=O)NC(C1CC1)C1CC1. The van der Waals surface area contributed by atoms with Gasteiger partial charge < -0.3 is 5.32 Å². The molecule has 2 aliphatic carbocycles. The lowest BCUT2D eigenvalue weighted by atomic mass is 10.1. The van der Waals surface area contributed by atoms with E-state index in [4.69, 9.17) is 0 Å². The first-order valence-corrected chi connectivity index (χ1v) is 8.40. The molecule has 2 saturated carbocycles. The number of rotatable bonds is 6. The summed E-state index contributed by atoms with van der Waals surface area (Å²) in [4.78, 5) is 48.4. The van der Waals surface area contributed by atoms with Crippen molar-refractivity contribution in [3.63, 3.8) is 0 Å². The Morgan fingerprint density at radius 3 is 2.40 bits per heavy atom. The van der Waals surface area contributed by atoms with Crippen molar-refractivity contribution in [1.29, 1.82) is 0 Å². The van der Waals surface area contributed by atoms with E-state index in [1.165, 1.54) is 18.2 Å². The lowest BCUT2D eigenvalue weighted by Gasteiger charge is -2.20. The molecule has 1 aromatic carbocycles. The van der Waals surface area contributed by atoms with Gasteiger partial charge >= 0.3 is 0 Å². The van der Waals surface area contributed by atoms with Crippen molar-refractivity contribution in [2.45, 2.75) is 31.7 Å². The van der Waals surface area contributed by atoms with Gasteiger partial charge in [0.15, 0.2) is 0 Å². The molecule has 25 heavy (non-hydrogen) atoms. The van der Waals surface area contributed by atoms with E-state index in [1.807, 2.05) is 0 Å². The summed E-state index contributed by atoms with van der Waals surface area (Å²) in [5, 5.41) is 14.0. The number of nitrogens with zero attached hydrogens (tertiary/aromatic N) is 2. The molecule has 0 unspecified atom stereocenters. The number of nitro benzene ring substituents is 1. The molecule has 0 aromatic heterocycles. The monoisotopic (exact) mass is 343 g/mol. The fourth-order valence-electron chi connectivity index (χ4n) is 3.52. The topological polar surface area (TPSA) is 110 Å². The number of fused-ring (bicyclic) bond motifs is 1. The van der Waals surface area contributed by atoms with E-state index >= 15 is 0 Å². The second-order valence-electron chi connectivity index (χ2n) is 6.92. The molecule has 2 fully saturated rings. The third-order valence-electron chi connectivity index (χ3n) is 5.06. The predicted molar refractivity (Wildman–Crippen MR) is 85.8 cm³/mol. The minimum absolute atomic E-state index is 0.0204. The van der Waals surface area contributed by atoms with Crippen molar-refractivity contribution in [1.82, 2.24) is 10.2 Å². The van der Waals surface area contributed by atoms with Crippen LogP contribution in [0.25, 0.3) is 0 Å². The first kappa shape index (κ1) is 15.7. The van der Waals surface area contributed by atoms with Crippen molar-refractivity contribution in [2.75, 3.05) is 6.54 Å². The Labute approximate surface area is 143 Å². The molecule has 1 N–H and O–H groups in total. The summed E-state index contributed by atoms with van der Waals surface area (Å²) in [6, 6.07) is 4.04. The second-order valence-corrected chi connectivity index (χ2v) is 6.92. The Morgan fingerprint density at radius 1 is 1.20 bits per heavy atom. The van der Waals surface area contributed by atoms with Crippen molar-refractivity contribution >= 4 is 23.4 Å². The smallest absolute Gasteiger partial charge is 0.282 e. The van der Waals surface area contributed by atoms with Crippen LogP contribution in [0.3, 0.4) is 0 Å². The number of nitrogens with one attached hydrogen (secondary N) is 1. The highest BCUT2D eigenvalue weighted by Gasteiger charge is 2.44. The highest BCUT2D eigenvalue weighted by Crippen LogP contribution is 2.44. The van der Waals surface area contributed by atoms with E-state index in [0.29, 0.717) is 11.8 Å². The zero-order chi connectivity index (χ0) is 17.7. The van der Waals surface area contributed by atoms with Crippen LogP contribution in [0.4, 0.5) is 5.69 Å². The number of carbonyl (C=O) groups is 3. The first-order chi connectivity index (χ1) is 12.0. The Morgan fingerprint density at radius 2 is 1.84 bits per heavy atom. The van der Waals surface area contributed by atoms with E-state index in [9.17, 15) is 24.5 Å². The summed E-state index contributed by atoms with van der Waals surface area (Å²) < 4.78 is 0. The third kappa shape index (κ3) is 2.77. The van der Waals surface area contributed by atoms with Crippen LogP contribution in [0.1, 0.15) is 46.4 Å². The largest absolute Gasteiger partial charge is 0.351 e. The number of benzene rings is 1. The molecule has 4 rings (SSSR count). The third-order valence-corrected chi connectivity index (χ3v) is 5.06. The van der Waals surface area contributed by atoms with Crippen LogP contribution < -0.4 is 5.32 Å². The molecule has 1 aliphatic heterocycles. The van der Waals surface area contributed by atoms with Crippen LogP contribution in [-0.2, 0) is 4.79 Å². The van der Waals surface area contributed by atoms with Gasteiger partial charge in [0.2, 0.25) is 5.91 Å². The maximum absolute atomic E-state index is 12.5. The lowest BCUT2D eigenvalue weighted by molar-refractivity contribution is -0.385. The van der Waals surface area contributed by atoms with Crippen LogP contribution in [0.5, 0.6) is 0 Å². The van der Waals surface area contributed by atoms with Crippen molar-refractivity contribution < 1.29 is 19.3 Å².